The molecule has 1 atom stereocenters. The highest BCUT2D eigenvalue weighted by Crippen LogP contribution is 2.20. The average Bonchev–Trinajstić information content (AvgIpc) is 2.94. The van der Waals surface area contributed by atoms with Crippen LogP contribution in [0.15, 0.2) is 0 Å². The van der Waals surface area contributed by atoms with E-state index in [0.717, 1.165) is 13.1 Å². The molecule has 1 unspecified atom stereocenters. The summed E-state index contributed by atoms with van der Waals surface area (Å²) in [6.07, 6.45) is 7.61. The SMILES string of the molecule is C1CCN(N2CCNCC2N2CCCC2)CC1. The molecule has 0 amide bonds. The van der Waals surface area contributed by atoms with Gasteiger partial charge in [-0.3, -0.25) is 4.90 Å². The summed E-state index contributed by atoms with van der Waals surface area (Å²) in [4.78, 5) is 2.68. The van der Waals surface area contributed by atoms with Crippen LogP contribution >= 0.6 is 0 Å². The Kier molecular flexibility index (Phi) is 3.96. The second kappa shape index (κ2) is 5.65. The summed E-state index contributed by atoms with van der Waals surface area (Å²) in [5.74, 6) is 0. The lowest BCUT2D eigenvalue weighted by atomic mass is 10.1. The number of nitrogens with zero attached hydrogens (tertiary/aromatic N) is 3. The molecule has 0 aromatic rings. The van der Waals surface area contributed by atoms with Crippen LogP contribution in [0.1, 0.15) is 32.1 Å². The van der Waals surface area contributed by atoms with Gasteiger partial charge in [0.1, 0.15) is 0 Å². The van der Waals surface area contributed by atoms with Gasteiger partial charge in [0.15, 0.2) is 0 Å². The van der Waals surface area contributed by atoms with E-state index in [1.807, 2.05) is 0 Å². The van der Waals surface area contributed by atoms with Gasteiger partial charge in [-0.15, -0.1) is 0 Å². The average molecular weight is 238 g/mol. The predicted octanol–water partition coefficient (Wildman–Crippen LogP) is 0.714. The van der Waals surface area contributed by atoms with E-state index in [2.05, 4.69) is 20.2 Å². The molecule has 4 heteroatoms. The normalized spacial score (nSPS) is 34.2. The summed E-state index contributed by atoms with van der Waals surface area (Å²) in [5, 5.41) is 8.87. The maximum atomic E-state index is 3.57. The van der Waals surface area contributed by atoms with Crippen molar-refractivity contribution in [3.8, 4) is 0 Å². The summed E-state index contributed by atoms with van der Waals surface area (Å²) >= 11 is 0. The minimum absolute atomic E-state index is 0.629. The molecule has 4 nitrogen and oxygen atoms in total. The second-order valence-corrected chi connectivity index (χ2v) is 5.61. The van der Waals surface area contributed by atoms with E-state index in [4.69, 9.17) is 0 Å². The maximum Gasteiger partial charge on any atom is 0.0886 e. The standard InChI is InChI=1S/C13H26N4/c1-2-9-16(10-3-1)17-11-6-14-12-13(17)15-7-4-5-8-15/h13-14H,1-12H2. The zero-order valence-corrected chi connectivity index (χ0v) is 10.9. The van der Waals surface area contributed by atoms with Crippen LogP contribution in [0.3, 0.4) is 0 Å². The van der Waals surface area contributed by atoms with Crippen molar-refractivity contribution in [1.29, 1.82) is 0 Å². The number of hydrogen-bond acceptors (Lipinski definition) is 4. The van der Waals surface area contributed by atoms with Crippen LogP contribution in [0.2, 0.25) is 0 Å². The Balaban J connectivity index is 1.65. The van der Waals surface area contributed by atoms with E-state index in [0.29, 0.717) is 6.17 Å². The fourth-order valence-corrected chi connectivity index (χ4v) is 3.50. The molecule has 3 heterocycles. The fourth-order valence-electron chi connectivity index (χ4n) is 3.50. The van der Waals surface area contributed by atoms with Crippen molar-refractivity contribution in [3.05, 3.63) is 0 Å². The van der Waals surface area contributed by atoms with Crippen molar-refractivity contribution in [1.82, 2.24) is 20.2 Å². The minimum Gasteiger partial charge on any atom is -0.312 e. The first-order valence-corrected chi connectivity index (χ1v) is 7.41. The van der Waals surface area contributed by atoms with Crippen LogP contribution in [-0.2, 0) is 0 Å². The number of rotatable bonds is 2. The molecule has 0 aromatic carbocycles. The number of likely N-dealkylation sites (tertiary alicyclic amines) is 1. The van der Waals surface area contributed by atoms with Crippen LogP contribution in [-0.4, -0.2) is 66.9 Å². The first-order chi connectivity index (χ1) is 8.45. The highest BCUT2D eigenvalue weighted by Gasteiger charge is 2.33. The highest BCUT2D eigenvalue weighted by molar-refractivity contribution is 4.83. The molecule has 3 aliphatic rings. The molecule has 98 valence electrons. The summed E-state index contributed by atoms with van der Waals surface area (Å²) in [7, 11) is 0. The van der Waals surface area contributed by atoms with E-state index in [1.54, 1.807) is 0 Å². The summed E-state index contributed by atoms with van der Waals surface area (Å²) in [5.41, 5.74) is 0. The first-order valence-electron chi connectivity index (χ1n) is 7.41. The highest BCUT2D eigenvalue weighted by atomic mass is 15.7. The van der Waals surface area contributed by atoms with Gasteiger partial charge in [-0.05, 0) is 38.8 Å². The molecule has 3 saturated heterocycles. The Labute approximate surface area is 105 Å². The van der Waals surface area contributed by atoms with E-state index in [1.165, 1.54) is 64.8 Å². The second-order valence-electron chi connectivity index (χ2n) is 5.61. The Hall–Kier alpha value is -0.160. The van der Waals surface area contributed by atoms with Crippen LogP contribution < -0.4 is 5.32 Å². The van der Waals surface area contributed by atoms with Gasteiger partial charge >= 0.3 is 0 Å². The number of hydrazine groups is 1. The number of nitrogens with one attached hydrogen (secondary N) is 1. The van der Waals surface area contributed by atoms with Crippen LogP contribution in [0.25, 0.3) is 0 Å². The van der Waals surface area contributed by atoms with Crippen molar-refractivity contribution >= 4 is 0 Å². The monoisotopic (exact) mass is 238 g/mol. The van der Waals surface area contributed by atoms with Gasteiger partial charge in [0, 0.05) is 32.7 Å². The lowest BCUT2D eigenvalue weighted by Crippen LogP contribution is -2.64. The molecule has 1 N–H and O–H groups in total. The Bertz CT molecular complexity index is 234. The third kappa shape index (κ3) is 2.65. The molecular formula is C13H26N4. The molecule has 0 spiro atoms. The smallest absolute Gasteiger partial charge is 0.0886 e. The summed E-state index contributed by atoms with van der Waals surface area (Å²) in [6, 6.07) is 0. The molecule has 0 bridgehead atoms. The molecule has 3 fully saturated rings. The molecule has 0 radical (unpaired) electrons. The summed E-state index contributed by atoms with van der Waals surface area (Å²) in [6.45, 7) is 8.67. The van der Waals surface area contributed by atoms with Crippen molar-refractivity contribution in [2.75, 3.05) is 45.8 Å². The van der Waals surface area contributed by atoms with Crippen LogP contribution in [0.5, 0.6) is 0 Å². The number of piperidine rings is 1. The molecule has 0 aromatic heterocycles. The topological polar surface area (TPSA) is 21.8 Å². The fraction of sp³-hybridized carbons (Fsp3) is 1.00. The van der Waals surface area contributed by atoms with Crippen molar-refractivity contribution in [2.45, 2.75) is 38.3 Å². The van der Waals surface area contributed by atoms with Gasteiger partial charge in [0.05, 0.1) is 6.17 Å². The summed E-state index contributed by atoms with van der Waals surface area (Å²) < 4.78 is 0. The van der Waals surface area contributed by atoms with Gasteiger partial charge in [-0.25, -0.2) is 10.0 Å². The zero-order valence-electron chi connectivity index (χ0n) is 10.9. The Morgan fingerprint density at radius 2 is 1.47 bits per heavy atom. The Morgan fingerprint density at radius 3 is 2.24 bits per heavy atom. The minimum atomic E-state index is 0.629. The molecule has 0 aliphatic carbocycles. The van der Waals surface area contributed by atoms with E-state index in [9.17, 15) is 0 Å². The lowest BCUT2D eigenvalue weighted by molar-refractivity contribution is -0.127. The molecular weight excluding hydrogens is 212 g/mol. The molecule has 3 aliphatic heterocycles. The van der Waals surface area contributed by atoms with Gasteiger partial charge in [-0.2, -0.15) is 0 Å². The van der Waals surface area contributed by atoms with Gasteiger partial charge < -0.3 is 5.32 Å². The van der Waals surface area contributed by atoms with E-state index < -0.39 is 0 Å². The van der Waals surface area contributed by atoms with Crippen LogP contribution in [0.4, 0.5) is 0 Å². The maximum absolute atomic E-state index is 3.57. The first kappa shape index (κ1) is 11.9. The Morgan fingerprint density at radius 1 is 0.765 bits per heavy atom. The van der Waals surface area contributed by atoms with Crippen molar-refractivity contribution in [2.24, 2.45) is 0 Å². The number of piperazine rings is 1. The van der Waals surface area contributed by atoms with Gasteiger partial charge in [0.2, 0.25) is 0 Å². The quantitative estimate of drug-likeness (QED) is 0.765. The van der Waals surface area contributed by atoms with Crippen molar-refractivity contribution < 1.29 is 0 Å². The predicted molar refractivity (Wildman–Crippen MR) is 69.6 cm³/mol. The number of hydrogen-bond donors (Lipinski definition) is 1. The van der Waals surface area contributed by atoms with Crippen molar-refractivity contribution in [3.63, 3.8) is 0 Å². The molecule has 17 heavy (non-hydrogen) atoms. The van der Waals surface area contributed by atoms with E-state index in [-0.39, 0.29) is 0 Å². The molecule has 3 rings (SSSR count). The zero-order chi connectivity index (χ0) is 11.5. The third-order valence-corrected chi connectivity index (χ3v) is 4.45. The van der Waals surface area contributed by atoms with Gasteiger partial charge in [0.25, 0.3) is 0 Å². The lowest BCUT2D eigenvalue weighted by Gasteiger charge is -2.48. The molecule has 0 saturated carbocycles. The largest absolute Gasteiger partial charge is 0.312 e. The van der Waals surface area contributed by atoms with Gasteiger partial charge in [-0.1, -0.05) is 6.42 Å². The van der Waals surface area contributed by atoms with E-state index >= 15 is 0 Å². The third-order valence-electron chi connectivity index (χ3n) is 4.45. The van der Waals surface area contributed by atoms with Crippen LogP contribution in [0, 0.1) is 0 Å².